The van der Waals surface area contributed by atoms with Gasteiger partial charge in [0.25, 0.3) is 5.91 Å². The van der Waals surface area contributed by atoms with Crippen LogP contribution in [0.5, 0.6) is 0 Å². The number of carbonyl (C=O) groups excluding carboxylic acids is 3. The van der Waals surface area contributed by atoms with Crippen LogP contribution in [0.15, 0.2) is 152 Å². The van der Waals surface area contributed by atoms with E-state index in [-0.39, 0.29) is 37.6 Å². The third-order valence-corrected chi connectivity index (χ3v) is 8.69. The fourth-order valence-electron chi connectivity index (χ4n) is 6.14. The van der Waals surface area contributed by atoms with E-state index >= 15 is 0 Å². The topological polar surface area (TPSA) is 101 Å². The molecule has 1 aliphatic rings. The fourth-order valence-corrected chi connectivity index (χ4v) is 6.14. The zero-order valence-corrected chi connectivity index (χ0v) is 28.9. The second-order valence-electron chi connectivity index (χ2n) is 12.4. The summed E-state index contributed by atoms with van der Waals surface area (Å²) >= 11 is 0. The summed E-state index contributed by atoms with van der Waals surface area (Å²) in [5.41, 5.74) is 3.25. The SMILES string of the molecule is CC(=O)N(C(=O)c1ccccc1)C1C(OC(=O)c2ccccc2)OC(COCc2ccccc2)C(OCc2ccccc2)C1OCc1ccccc1. The maximum Gasteiger partial charge on any atom is 0.340 e. The van der Waals surface area contributed by atoms with Crippen molar-refractivity contribution < 1.29 is 38.1 Å². The van der Waals surface area contributed by atoms with Crippen molar-refractivity contribution in [3.63, 3.8) is 0 Å². The molecule has 0 aliphatic carbocycles. The van der Waals surface area contributed by atoms with Crippen LogP contribution < -0.4 is 0 Å². The maximum absolute atomic E-state index is 14.3. The number of ether oxygens (including phenoxy) is 5. The van der Waals surface area contributed by atoms with E-state index in [0.29, 0.717) is 0 Å². The van der Waals surface area contributed by atoms with Crippen molar-refractivity contribution in [2.75, 3.05) is 6.61 Å². The summed E-state index contributed by atoms with van der Waals surface area (Å²) in [4.78, 5) is 42.7. The van der Waals surface area contributed by atoms with Crippen molar-refractivity contribution in [3.8, 4) is 0 Å². The van der Waals surface area contributed by atoms with Gasteiger partial charge in [-0.1, -0.05) is 127 Å². The normalized spacial score (nSPS) is 19.8. The first-order chi connectivity index (χ1) is 25.5. The van der Waals surface area contributed by atoms with E-state index < -0.39 is 48.4 Å². The third kappa shape index (κ3) is 9.45. The van der Waals surface area contributed by atoms with Crippen molar-refractivity contribution >= 4 is 17.8 Å². The molecule has 5 aromatic rings. The molecule has 0 aromatic heterocycles. The van der Waals surface area contributed by atoms with Gasteiger partial charge in [0, 0.05) is 12.5 Å². The molecular formula is C43H41NO8. The molecule has 6 rings (SSSR count). The molecule has 5 aromatic carbocycles. The van der Waals surface area contributed by atoms with Crippen LogP contribution in [-0.4, -0.2) is 59.9 Å². The van der Waals surface area contributed by atoms with Gasteiger partial charge in [-0.15, -0.1) is 0 Å². The largest absolute Gasteiger partial charge is 0.430 e. The molecule has 0 N–H and O–H groups in total. The zero-order chi connectivity index (χ0) is 36.1. The molecule has 1 heterocycles. The lowest BCUT2D eigenvalue weighted by Gasteiger charge is -2.48. The van der Waals surface area contributed by atoms with Crippen LogP contribution in [0.2, 0.25) is 0 Å². The summed E-state index contributed by atoms with van der Waals surface area (Å²) < 4.78 is 32.3. The maximum atomic E-state index is 14.3. The van der Waals surface area contributed by atoms with E-state index in [2.05, 4.69) is 0 Å². The van der Waals surface area contributed by atoms with Gasteiger partial charge < -0.3 is 23.7 Å². The lowest BCUT2D eigenvalue weighted by Crippen LogP contribution is -2.68. The molecule has 0 radical (unpaired) electrons. The van der Waals surface area contributed by atoms with Gasteiger partial charge in [0.2, 0.25) is 12.2 Å². The summed E-state index contributed by atoms with van der Waals surface area (Å²) in [7, 11) is 0. The highest BCUT2D eigenvalue weighted by molar-refractivity contribution is 6.04. The number of rotatable bonds is 14. The Hall–Kier alpha value is -5.45. The van der Waals surface area contributed by atoms with Crippen LogP contribution in [-0.2, 0) is 48.3 Å². The Labute approximate surface area is 303 Å². The van der Waals surface area contributed by atoms with E-state index in [1.165, 1.54) is 6.92 Å². The minimum Gasteiger partial charge on any atom is -0.430 e. The first-order valence-corrected chi connectivity index (χ1v) is 17.2. The molecule has 0 bridgehead atoms. The second kappa shape index (κ2) is 18.2. The van der Waals surface area contributed by atoms with Crippen LogP contribution >= 0.6 is 0 Å². The number of amides is 2. The first kappa shape index (κ1) is 36.3. The van der Waals surface area contributed by atoms with Crippen LogP contribution in [0.4, 0.5) is 0 Å². The van der Waals surface area contributed by atoms with E-state index in [9.17, 15) is 14.4 Å². The molecule has 1 saturated heterocycles. The Morgan fingerprint density at radius 3 is 1.52 bits per heavy atom. The van der Waals surface area contributed by atoms with E-state index in [4.69, 9.17) is 23.7 Å². The van der Waals surface area contributed by atoms with Crippen LogP contribution in [0.25, 0.3) is 0 Å². The Bertz CT molecular complexity index is 1860. The molecule has 52 heavy (non-hydrogen) atoms. The van der Waals surface area contributed by atoms with E-state index in [1.54, 1.807) is 60.7 Å². The van der Waals surface area contributed by atoms with Gasteiger partial charge in [-0.25, -0.2) is 4.79 Å². The predicted molar refractivity (Wildman–Crippen MR) is 194 cm³/mol. The van der Waals surface area contributed by atoms with Crippen molar-refractivity contribution in [1.29, 1.82) is 0 Å². The Balaban J connectivity index is 1.42. The average molecular weight is 700 g/mol. The van der Waals surface area contributed by atoms with Crippen molar-refractivity contribution in [1.82, 2.24) is 4.90 Å². The number of carbonyl (C=O) groups is 3. The molecule has 266 valence electrons. The summed E-state index contributed by atoms with van der Waals surface area (Å²) in [6, 6.07) is 44.5. The van der Waals surface area contributed by atoms with Crippen LogP contribution in [0.1, 0.15) is 44.3 Å². The number of hydrogen-bond acceptors (Lipinski definition) is 8. The molecule has 1 fully saturated rings. The molecule has 5 atom stereocenters. The second-order valence-corrected chi connectivity index (χ2v) is 12.4. The van der Waals surface area contributed by atoms with E-state index in [1.807, 2.05) is 91.0 Å². The van der Waals surface area contributed by atoms with Gasteiger partial charge in [-0.05, 0) is 41.0 Å². The molecular weight excluding hydrogens is 658 g/mol. The quantitative estimate of drug-likeness (QED) is 0.114. The molecule has 1 aliphatic heterocycles. The van der Waals surface area contributed by atoms with Crippen molar-refractivity contribution in [2.45, 2.75) is 57.4 Å². The van der Waals surface area contributed by atoms with Crippen LogP contribution in [0, 0.1) is 0 Å². The number of benzene rings is 5. The molecule has 5 unspecified atom stereocenters. The first-order valence-electron chi connectivity index (χ1n) is 17.2. The summed E-state index contributed by atoms with van der Waals surface area (Å²) in [5, 5.41) is 0. The lowest BCUT2D eigenvalue weighted by atomic mass is 9.93. The summed E-state index contributed by atoms with van der Waals surface area (Å²) in [6.07, 6.45) is -4.22. The smallest absolute Gasteiger partial charge is 0.340 e. The Kier molecular flexibility index (Phi) is 12.7. The fraction of sp³-hybridized carbons (Fsp3) is 0.233. The molecule has 0 spiro atoms. The van der Waals surface area contributed by atoms with Gasteiger partial charge in [0.05, 0.1) is 32.0 Å². The monoisotopic (exact) mass is 699 g/mol. The third-order valence-electron chi connectivity index (χ3n) is 8.69. The van der Waals surface area contributed by atoms with Gasteiger partial charge in [0.1, 0.15) is 24.4 Å². The number of nitrogens with zero attached hydrogens (tertiary/aromatic N) is 1. The standard InChI is InChI=1S/C43H41NO8/c1-31(45)44(41(46)35-23-13-5-14-24-35)38-40(50-29-34-21-11-4-12-22-34)39(49-28-33-19-9-3-10-20-33)37(30-48-27-32-17-7-2-8-18-32)51-43(38)52-42(47)36-25-15-6-16-26-36/h2-26,37-40,43H,27-30H2,1H3. The minimum atomic E-state index is -1.45. The molecule has 9 nitrogen and oxygen atoms in total. The molecule has 2 amide bonds. The number of hydrogen-bond donors (Lipinski definition) is 0. The number of esters is 1. The molecule has 9 heteroatoms. The lowest BCUT2D eigenvalue weighted by molar-refractivity contribution is -0.287. The van der Waals surface area contributed by atoms with Gasteiger partial charge in [-0.3, -0.25) is 14.5 Å². The minimum absolute atomic E-state index is 0.0261. The zero-order valence-electron chi connectivity index (χ0n) is 28.9. The van der Waals surface area contributed by atoms with Gasteiger partial charge >= 0.3 is 5.97 Å². The van der Waals surface area contributed by atoms with Crippen molar-refractivity contribution in [2.24, 2.45) is 0 Å². The predicted octanol–water partition coefficient (Wildman–Crippen LogP) is 7.01. The van der Waals surface area contributed by atoms with E-state index in [0.717, 1.165) is 21.6 Å². The number of imide groups is 1. The Morgan fingerprint density at radius 1 is 0.577 bits per heavy atom. The average Bonchev–Trinajstić information content (AvgIpc) is 3.19. The summed E-state index contributed by atoms with van der Waals surface area (Å²) in [6.45, 7) is 1.88. The molecule has 0 saturated carbocycles. The van der Waals surface area contributed by atoms with Crippen LogP contribution in [0.3, 0.4) is 0 Å². The van der Waals surface area contributed by atoms with Crippen molar-refractivity contribution in [3.05, 3.63) is 179 Å². The van der Waals surface area contributed by atoms with Gasteiger partial charge in [-0.2, -0.15) is 0 Å². The highest BCUT2D eigenvalue weighted by Crippen LogP contribution is 2.33. The highest BCUT2D eigenvalue weighted by atomic mass is 16.7. The summed E-state index contributed by atoms with van der Waals surface area (Å²) in [5.74, 6) is -1.88. The highest BCUT2D eigenvalue weighted by Gasteiger charge is 2.54. The Morgan fingerprint density at radius 2 is 1.02 bits per heavy atom. The van der Waals surface area contributed by atoms with Gasteiger partial charge in [0.15, 0.2) is 0 Å².